The highest BCUT2D eigenvalue weighted by atomic mass is 19.1. The Morgan fingerprint density at radius 1 is 1.26 bits per heavy atom. The molecule has 1 aliphatic rings. The number of aliphatic hydroxyl groups is 1. The van der Waals surface area contributed by atoms with Crippen molar-refractivity contribution in [2.75, 3.05) is 6.54 Å². The first-order valence-electron chi connectivity index (χ1n) is 8.04. The molecule has 5 heteroatoms. The van der Waals surface area contributed by atoms with E-state index in [1.54, 1.807) is 0 Å². The summed E-state index contributed by atoms with van der Waals surface area (Å²) < 4.78 is 15.1. The molecule has 124 valence electrons. The number of benzene rings is 1. The van der Waals surface area contributed by atoms with Gasteiger partial charge in [0.25, 0.3) is 0 Å². The van der Waals surface area contributed by atoms with Crippen LogP contribution in [0.2, 0.25) is 0 Å². The van der Waals surface area contributed by atoms with Crippen molar-refractivity contribution in [3.05, 3.63) is 53.6 Å². The van der Waals surface area contributed by atoms with Gasteiger partial charge in [-0.15, -0.1) is 0 Å². The third kappa shape index (κ3) is 3.62. The van der Waals surface area contributed by atoms with E-state index >= 15 is 0 Å². The largest absolute Gasteiger partial charge is 0.392 e. The van der Waals surface area contributed by atoms with Gasteiger partial charge in [0.2, 0.25) is 0 Å². The number of rotatable bonds is 3. The second-order valence-corrected chi connectivity index (χ2v) is 7.35. The Bertz CT molecular complexity index is 660. The summed E-state index contributed by atoms with van der Waals surface area (Å²) in [6.07, 6.45) is 4.28. The van der Waals surface area contributed by atoms with Crippen molar-refractivity contribution in [3.63, 3.8) is 0 Å². The Morgan fingerprint density at radius 2 is 1.96 bits per heavy atom. The molecule has 1 fully saturated rings. The van der Waals surface area contributed by atoms with Gasteiger partial charge in [-0.25, -0.2) is 4.39 Å². The van der Waals surface area contributed by atoms with Crippen LogP contribution in [0.25, 0.3) is 0 Å². The number of β-amino-alcohol motifs (C(OH)–C–C–N with tert-alkyl or cyclic N) is 1. The molecule has 1 aromatic heterocycles. The molecule has 1 aliphatic heterocycles. The highest BCUT2D eigenvalue weighted by Gasteiger charge is 2.32. The normalized spacial score (nSPS) is 22.7. The molecule has 23 heavy (non-hydrogen) atoms. The van der Waals surface area contributed by atoms with Gasteiger partial charge in [0.05, 0.1) is 17.8 Å². The molecule has 1 aromatic carbocycles. The quantitative estimate of drug-likeness (QED) is 0.946. The SMILES string of the molecule is CC(C)(C)n1cc(CN2C[C@@H](O)C[C@H]2c2ccc(F)cc2)cn1. The van der Waals surface area contributed by atoms with Gasteiger partial charge in [0, 0.05) is 30.9 Å². The molecular weight excluding hydrogens is 293 g/mol. The lowest BCUT2D eigenvalue weighted by Gasteiger charge is -2.24. The zero-order chi connectivity index (χ0) is 16.6. The van der Waals surface area contributed by atoms with Gasteiger partial charge in [0.15, 0.2) is 0 Å². The Hall–Kier alpha value is -1.72. The highest BCUT2D eigenvalue weighted by molar-refractivity contribution is 5.22. The lowest BCUT2D eigenvalue weighted by atomic mass is 10.0. The Balaban J connectivity index is 1.77. The summed E-state index contributed by atoms with van der Waals surface area (Å²) in [5.74, 6) is -0.231. The van der Waals surface area contributed by atoms with E-state index in [0.29, 0.717) is 13.0 Å². The van der Waals surface area contributed by atoms with Crippen molar-refractivity contribution in [1.82, 2.24) is 14.7 Å². The molecule has 0 amide bonds. The molecule has 0 bridgehead atoms. The van der Waals surface area contributed by atoms with Crippen molar-refractivity contribution >= 4 is 0 Å². The minimum Gasteiger partial charge on any atom is -0.392 e. The molecule has 0 saturated carbocycles. The van der Waals surface area contributed by atoms with Gasteiger partial charge in [-0.05, 0) is 44.9 Å². The zero-order valence-corrected chi connectivity index (χ0v) is 13.9. The number of aliphatic hydroxyl groups excluding tert-OH is 1. The van der Waals surface area contributed by atoms with Crippen molar-refractivity contribution in [3.8, 4) is 0 Å². The molecular formula is C18H24FN3O. The molecule has 3 rings (SSSR count). The van der Waals surface area contributed by atoms with Crippen LogP contribution < -0.4 is 0 Å². The maximum Gasteiger partial charge on any atom is 0.123 e. The van der Waals surface area contributed by atoms with Crippen molar-refractivity contribution < 1.29 is 9.50 Å². The van der Waals surface area contributed by atoms with E-state index in [0.717, 1.165) is 17.7 Å². The third-order valence-electron chi connectivity index (χ3n) is 4.35. The molecule has 0 spiro atoms. The van der Waals surface area contributed by atoms with Crippen LogP contribution in [0.3, 0.4) is 0 Å². The number of hydrogen-bond donors (Lipinski definition) is 1. The number of likely N-dealkylation sites (tertiary alicyclic amines) is 1. The van der Waals surface area contributed by atoms with Gasteiger partial charge < -0.3 is 5.11 Å². The van der Waals surface area contributed by atoms with E-state index in [-0.39, 0.29) is 23.5 Å². The summed E-state index contributed by atoms with van der Waals surface area (Å²) in [6.45, 7) is 7.71. The molecule has 1 N–H and O–H groups in total. The van der Waals surface area contributed by atoms with E-state index in [1.807, 2.05) is 23.0 Å². The highest BCUT2D eigenvalue weighted by Crippen LogP contribution is 2.33. The first-order chi connectivity index (χ1) is 10.8. The first kappa shape index (κ1) is 16.1. The van der Waals surface area contributed by atoms with E-state index in [1.165, 1.54) is 12.1 Å². The van der Waals surface area contributed by atoms with Crippen molar-refractivity contribution in [2.24, 2.45) is 0 Å². The molecule has 2 heterocycles. The van der Waals surface area contributed by atoms with Gasteiger partial charge in [0.1, 0.15) is 5.82 Å². The van der Waals surface area contributed by atoms with E-state index in [4.69, 9.17) is 0 Å². The summed E-state index contributed by atoms with van der Waals surface area (Å²) >= 11 is 0. The molecule has 2 atom stereocenters. The number of nitrogens with zero attached hydrogens (tertiary/aromatic N) is 3. The van der Waals surface area contributed by atoms with Crippen LogP contribution in [0.4, 0.5) is 4.39 Å². The second kappa shape index (κ2) is 6.06. The van der Waals surface area contributed by atoms with Crippen LogP contribution >= 0.6 is 0 Å². The lowest BCUT2D eigenvalue weighted by molar-refractivity contribution is 0.172. The Labute approximate surface area is 136 Å². The maximum atomic E-state index is 13.1. The summed E-state index contributed by atoms with van der Waals surface area (Å²) in [5.41, 5.74) is 2.13. The van der Waals surface area contributed by atoms with Crippen LogP contribution in [0.1, 0.15) is 44.4 Å². The number of halogens is 1. The Morgan fingerprint density at radius 3 is 2.57 bits per heavy atom. The number of hydrogen-bond acceptors (Lipinski definition) is 3. The van der Waals surface area contributed by atoms with Gasteiger partial charge in [-0.2, -0.15) is 5.10 Å². The second-order valence-electron chi connectivity index (χ2n) is 7.35. The monoisotopic (exact) mass is 317 g/mol. The van der Waals surface area contributed by atoms with E-state index in [9.17, 15) is 9.50 Å². The fourth-order valence-corrected chi connectivity index (χ4v) is 3.13. The summed E-state index contributed by atoms with van der Waals surface area (Å²) in [7, 11) is 0. The van der Waals surface area contributed by atoms with E-state index < -0.39 is 0 Å². The third-order valence-corrected chi connectivity index (χ3v) is 4.35. The predicted octanol–water partition coefficient (Wildman–Crippen LogP) is 3.09. The van der Waals surface area contributed by atoms with Crippen molar-refractivity contribution in [1.29, 1.82) is 0 Å². The van der Waals surface area contributed by atoms with Gasteiger partial charge in [-0.1, -0.05) is 12.1 Å². The minimum atomic E-state index is -0.345. The van der Waals surface area contributed by atoms with Crippen LogP contribution in [-0.4, -0.2) is 32.4 Å². The molecule has 1 saturated heterocycles. The fraction of sp³-hybridized carbons (Fsp3) is 0.500. The zero-order valence-electron chi connectivity index (χ0n) is 13.9. The van der Waals surface area contributed by atoms with E-state index in [2.05, 4.69) is 37.0 Å². The molecule has 0 radical (unpaired) electrons. The van der Waals surface area contributed by atoms with Crippen molar-refractivity contribution in [2.45, 2.75) is 51.4 Å². The van der Waals surface area contributed by atoms with Crippen LogP contribution in [0.15, 0.2) is 36.7 Å². The number of aromatic nitrogens is 2. The topological polar surface area (TPSA) is 41.3 Å². The predicted molar refractivity (Wildman–Crippen MR) is 87.4 cm³/mol. The molecule has 4 nitrogen and oxygen atoms in total. The molecule has 2 aromatic rings. The fourth-order valence-electron chi connectivity index (χ4n) is 3.13. The van der Waals surface area contributed by atoms with Gasteiger partial charge >= 0.3 is 0 Å². The maximum absolute atomic E-state index is 13.1. The average molecular weight is 317 g/mol. The lowest BCUT2D eigenvalue weighted by Crippen LogP contribution is -2.24. The molecule has 0 unspecified atom stereocenters. The summed E-state index contributed by atoms with van der Waals surface area (Å²) in [5, 5.41) is 14.5. The smallest absolute Gasteiger partial charge is 0.123 e. The van der Waals surface area contributed by atoms with Crippen LogP contribution in [-0.2, 0) is 12.1 Å². The summed E-state index contributed by atoms with van der Waals surface area (Å²) in [6, 6.07) is 6.70. The average Bonchev–Trinajstić information content (AvgIpc) is 3.07. The first-order valence-corrected chi connectivity index (χ1v) is 8.04. The van der Waals surface area contributed by atoms with Gasteiger partial charge in [-0.3, -0.25) is 9.58 Å². The standard InChI is InChI=1S/C18H24FN3O/c1-18(2,3)22-11-13(9-20-22)10-21-12-16(23)8-17(21)14-4-6-15(19)7-5-14/h4-7,9,11,16-17,23H,8,10,12H2,1-3H3/t16-,17-/m0/s1. The summed E-state index contributed by atoms with van der Waals surface area (Å²) in [4.78, 5) is 2.24. The van der Waals surface area contributed by atoms with Crippen LogP contribution in [0.5, 0.6) is 0 Å². The minimum absolute atomic E-state index is 0.0425. The van der Waals surface area contributed by atoms with Crippen LogP contribution in [0, 0.1) is 5.82 Å². The Kier molecular flexibility index (Phi) is 4.25. The molecule has 0 aliphatic carbocycles.